The maximum Gasteiger partial charge on any atom is 0.223 e. The number of hydrogen-bond acceptors (Lipinski definition) is 3. The van der Waals surface area contributed by atoms with E-state index in [1.807, 2.05) is 24.3 Å². The molecular formula is C20H24BrN3O. The van der Waals surface area contributed by atoms with Crippen molar-refractivity contribution >= 4 is 27.5 Å². The van der Waals surface area contributed by atoms with E-state index in [4.69, 9.17) is 0 Å². The van der Waals surface area contributed by atoms with Gasteiger partial charge in [-0.05, 0) is 40.4 Å². The normalized spacial score (nSPS) is 16.2. The second kappa shape index (κ2) is 8.99. The van der Waals surface area contributed by atoms with Crippen LogP contribution < -0.4 is 10.6 Å². The average molecular weight is 402 g/mol. The van der Waals surface area contributed by atoms with Gasteiger partial charge in [0.25, 0.3) is 0 Å². The van der Waals surface area contributed by atoms with Gasteiger partial charge in [-0.2, -0.15) is 0 Å². The third kappa shape index (κ3) is 5.30. The molecule has 132 valence electrons. The van der Waals surface area contributed by atoms with E-state index in [1.54, 1.807) is 12.4 Å². The highest BCUT2D eigenvalue weighted by atomic mass is 79.9. The van der Waals surface area contributed by atoms with Crippen LogP contribution in [0, 0.1) is 5.92 Å². The maximum absolute atomic E-state index is 12.5. The monoisotopic (exact) mass is 401 g/mol. The molecule has 1 heterocycles. The highest BCUT2D eigenvalue weighted by Crippen LogP contribution is 2.25. The lowest BCUT2D eigenvalue weighted by Crippen LogP contribution is -2.36. The van der Waals surface area contributed by atoms with Crippen molar-refractivity contribution in [2.45, 2.75) is 38.1 Å². The van der Waals surface area contributed by atoms with Gasteiger partial charge in [0.1, 0.15) is 0 Å². The Morgan fingerprint density at radius 3 is 2.64 bits per heavy atom. The van der Waals surface area contributed by atoms with Gasteiger partial charge in [0, 0.05) is 23.1 Å². The number of halogens is 1. The molecule has 25 heavy (non-hydrogen) atoms. The summed E-state index contributed by atoms with van der Waals surface area (Å²) >= 11 is 3.45. The molecule has 1 fully saturated rings. The molecule has 1 aliphatic rings. The number of aromatic nitrogens is 1. The Morgan fingerprint density at radius 1 is 1.16 bits per heavy atom. The molecule has 2 N–H and O–H groups in total. The van der Waals surface area contributed by atoms with Crippen LogP contribution in [0.15, 0.2) is 53.3 Å². The number of hydrogen-bond donors (Lipinski definition) is 2. The van der Waals surface area contributed by atoms with Crippen LogP contribution in [0.4, 0.5) is 5.69 Å². The van der Waals surface area contributed by atoms with Crippen LogP contribution >= 0.6 is 15.9 Å². The molecule has 1 amide bonds. The molecule has 2 aromatic rings. The fraction of sp³-hybridized carbons (Fsp3) is 0.400. The van der Waals surface area contributed by atoms with Crippen LogP contribution in [-0.4, -0.2) is 17.4 Å². The van der Waals surface area contributed by atoms with Gasteiger partial charge in [-0.25, -0.2) is 0 Å². The number of amides is 1. The molecule has 1 aliphatic carbocycles. The van der Waals surface area contributed by atoms with E-state index in [0.717, 1.165) is 28.6 Å². The first-order valence-corrected chi connectivity index (χ1v) is 9.71. The molecule has 0 radical (unpaired) electrons. The van der Waals surface area contributed by atoms with Crippen molar-refractivity contribution in [3.63, 3.8) is 0 Å². The standard InChI is InChI=1S/C20H24BrN3O/c21-17-11-18(13-22-12-17)24-19(15-7-3-1-4-8-15)14-23-20(25)16-9-5-2-6-10-16/h1,3-4,7-8,11-13,16,19,24H,2,5-6,9-10,14H2,(H,23,25)/t19-/m0/s1. The summed E-state index contributed by atoms with van der Waals surface area (Å²) in [6, 6.07) is 12.2. The Balaban J connectivity index is 1.67. The minimum absolute atomic E-state index is 0.00448. The van der Waals surface area contributed by atoms with Gasteiger partial charge in [0.2, 0.25) is 5.91 Å². The van der Waals surface area contributed by atoms with Gasteiger partial charge in [0.05, 0.1) is 17.9 Å². The summed E-state index contributed by atoms with van der Waals surface area (Å²) in [5, 5.41) is 6.64. The predicted molar refractivity (Wildman–Crippen MR) is 104 cm³/mol. The number of benzene rings is 1. The Kier molecular flexibility index (Phi) is 6.45. The van der Waals surface area contributed by atoms with Crippen molar-refractivity contribution in [2.24, 2.45) is 5.92 Å². The Morgan fingerprint density at radius 2 is 1.92 bits per heavy atom. The van der Waals surface area contributed by atoms with E-state index in [0.29, 0.717) is 6.54 Å². The predicted octanol–water partition coefficient (Wildman–Crippen LogP) is 4.69. The fourth-order valence-corrected chi connectivity index (χ4v) is 3.71. The van der Waals surface area contributed by atoms with Crippen molar-refractivity contribution in [1.29, 1.82) is 0 Å². The maximum atomic E-state index is 12.5. The summed E-state index contributed by atoms with van der Waals surface area (Å²) < 4.78 is 0.926. The summed E-state index contributed by atoms with van der Waals surface area (Å²) in [5.41, 5.74) is 2.07. The molecule has 1 saturated carbocycles. The molecule has 0 unspecified atom stereocenters. The molecule has 0 aliphatic heterocycles. The van der Waals surface area contributed by atoms with E-state index in [2.05, 4.69) is 43.7 Å². The summed E-state index contributed by atoms with van der Waals surface area (Å²) in [6.07, 6.45) is 9.19. The van der Waals surface area contributed by atoms with Gasteiger partial charge in [-0.3, -0.25) is 9.78 Å². The second-order valence-electron chi connectivity index (χ2n) is 6.58. The second-order valence-corrected chi connectivity index (χ2v) is 7.50. The van der Waals surface area contributed by atoms with Crippen LogP contribution in [0.1, 0.15) is 43.7 Å². The molecule has 5 heteroatoms. The van der Waals surface area contributed by atoms with Crippen molar-refractivity contribution in [3.05, 3.63) is 58.8 Å². The smallest absolute Gasteiger partial charge is 0.223 e. The lowest BCUT2D eigenvalue weighted by molar-refractivity contribution is -0.125. The molecule has 0 saturated heterocycles. The number of anilines is 1. The summed E-state index contributed by atoms with van der Waals surface area (Å²) in [5.74, 6) is 0.368. The summed E-state index contributed by atoms with van der Waals surface area (Å²) in [4.78, 5) is 16.7. The van der Waals surface area contributed by atoms with Crippen LogP contribution in [0.3, 0.4) is 0 Å². The SMILES string of the molecule is O=C(NC[C@H](Nc1cncc(Br)c1)c1ccccc1)C1CCCCC1. The quantitative estimate of drug-likeness (QED) is 0.737. The molecule has 0 spiro atoms. The zero-order chi connectivity index (χ0) is 17.5. The van der Waals surface area contributed by atoms with Gasteiger partial charge in [0.15, 0.2) is 0 Å². The lowest BCUT2D eigenvalue weighted by atomic mass is 9.88. The first kappa shape index (κ1) is 17.9. The fourth-order valence-electron chi connectivity index (χ4n) is 3.34. The molecule has 1 aromatic heterocycles. The highest BCUT2D eigenvalue weighted by Gasteiger charge is 2.22. The Bertz CT molecular complexity index is 686. The molecule has 3 rings (SSSR count). The molecule has 1 atom stereocenters. The van der Waals surface area contributed by atoms with E-state index < -0.39 is 0 Å². The lowest BCUT2D eigenvalue weighted by Gasteiger charge is -2.24. The summed E-state index contributed by atoms with van der Waals surface area (Å²) in [6.45, 7) is 0.561. The van der Waals surface area contributed by atoms with E-state index in [1.165, 1.54) is 19.3 Å². The third-order valence-corrected chi connectivity index (χ3v) is 5.14. The molecule has 1 aromatic carbocycles. The van der Waals surface area contributed by atoms with E-state index in [9.17, 15) is 4.79 Å². The number of pyridine rings is 1. The minimum Gasteiger partial charge on any atom is -0.375 e. The number of nitrogens with zero attached hydrogens (tertiary/aromatic N) is 1. The molecular weight excluding hydrogens is 378 g/mol. The zero-order valence-electron chi connectivity index (χ0n) is 14.2. The van der Waals surface area contributed by atoms with Gasteiger partial charge in [-0.15, -0.1) is 0 Å². The largest absolute Gasteiger partial charge is 0.375 e. The summed E-state index contributed by atoms with van der Waals surface area (Å²) in [7, 11) is 0. The first-order chi connectivity index (χ1) is 12.2. The topological polar surface area (TPSA) is 54.0 Å². The Hall–Kier alpha value is -1.88. The van der Waals surface area contributed by atoms with Gasteiger partial charge < -0.3 is 10.6 Å². The van der Waals surface area contributed by atoms with E-state index >= 15 is 0 Å². The first-order valence-electron chi connectivity index (χ1n) is 8.92. The van der Waals surface area contributed by atoms with Crippen LogP contribution in [0.2, 0.25) is 0 Å². The van der Waals surface area contributed by atoms with Crippen LogP contribution in [-0.2, 0) is 4.79 Å². The minimum atomic E-state index is 0.00448. The number of carbonyl (C=O) groups excluding carboxylic acids is 1. The van der Waals surface area contributed by atoms with E-state index in [-0.39, 0.29) is 17.9 Å². The number of carbonyl (C=O) groups is 1. The molecule has 4 nitrogen and oxygen atoms in total. The number of rotatable bonds is 6. The van der Waals surface area contributed by atoms with Crippen molar-refractivity contribution < 1.29 is 4.79 Å². The average Bonchev–Trinajstić information content (AvgIpc) is 2.66. The third-order valence-electron chi connectivity index (χ3n) is 4.70. The van der Waals surface area contributed by atoms with Crippen molar-refractivity contribution in [3.8, 4) is 0 Å². The van der Waals surface area contributed by atoms with Crippen LogP contribution in [0.5, 0.6) is 0 Å². The Labute approximate surface area is 157 Å². The van der Waals surface area contributed by atoms with Crippen LogP contribution in [0.25, 0.3) is 0 Å². The molecule has 0 bridgehead atoms. The van der Waals surface area contributed by atoms with Gasteiger partial charge in [-0.1, -0.05) is 49.6 Å². The van der Waals surface area contributed by atoms with Crippen molar-refractivity contribution in [2.75, 3.05) is 11.9 Å². The highest BCUT2D eigenvalue weighted by molar-refractivity contribution is 9.10. The van der Waals surface area contributed by atoms with Gasteiger partial charge >= 0.3 is 0 Å². The zero-order valence-corrected chi connectivity index (χ0v) is 15.8. The number of nitrogens with one attached hydrogen (secondary N) is 2. The van der Waals surface area contributed by atoms with Crippen molar-refractivity contribution in [1.82, 2.24) is 10.3 Å².